The smallest absolute Gasteiger partial charge is 0.337 e. The molecule has 0 aliphatic carbocycles. The Morgan fingerprint density at radius 2 is 2.60 bits per heavy atom. The van der Waals surface area contributed by atoms with Crippen molar-refractivity contribution in [3.8, 4) is 0 Å². The Balaban J connectivity index is 2.61. The van der Waals surface area contributed by atoms with Gasteiger partial charge in [0.25, 0.3) is 0 Å². The SMILES string of the molecule is COC(=O)[C@]1(N)CC=CS1. The van der Waals surface area contributed by atoms with E-state index in [-0.39, 0.29) is 5.97 Å². The van der Waals surface area contributed by atoms with E-state index in [1.165, 1.54) is 18.9 Å². The second-order valence-electron chi connectivity index (χ2n) is 2.07. The number of nitrogens with two attached hydrogens (primary N) is 1. The number of esters is 1. The largest absolute Gasteiger partial charge is 0.467 e. The molecule has 10 heavy (non-hydrogen) atoms. The van der Waals surface area contributed by atoms with Gasteiger partial charge in [0.1, 0.15) is 0 Å². The van der Waals surface area contributed by atoms with E-state index in [1.54, 1.807) is 0 Å². The second-order valence-corrected chi connectivity index (χ2v) is 3.31. The van der Waals surface area contributed by atoms with Gasteiger partial charge < -0.3 is 10.5 Å². The van der Waals surface area contributed by atoms with Crippen LogP contribution in [0.5, 0.6) is 0 Å². The topological polar surface area (TPSA) is 52.3 Å². The molecule has 4 heteroatoms. The lowest BCUT2D eigenvalue weighted by Gasteiger charge is -2.18. The normalized spacial score (nSPS) is 30.6. The molecule has 0 radical (unpaired) electrons. The zero-order chi connectivity index (χ0) is 7.61. The third-order valence-corrected chi connectivity index (χ3v) is 2.41. The van der Waals surface area contributed by atoms with E-state index < -0.39 is 4.87 Å². The van der Waals surface area contributed by atoms with Crippen LogP contribution in [0.3, 0.4) is 0 Å². The zero-order valence-electron chi connectivity index (χ0n) is 5.66. The molecule has 0 bridgehead atoms. The van der Waals surface area contributed by atoms with Crippen LogP contribution in [0.4, 0.5) is 0 Å². The minimum Gasteiger partial charge on any atom is -0.467 e. The molecule has 3 nitrogen and oxygen atoms in total. The van der Waals surface area contributed by atoms with Crippen molar-refractivity contribution in [3.05, 3.63) is 11.5 Å². The molecule has 1 aliphatic heterocycles. The van der Waals surface area contributed by atoms with Gasteiger partial charge in [-0.1, -0.05) is 6.08 Å². The first-order valence-corrected chi connectivity index (χ1v) is 3.77. The van der Waals surface area contributed by atoms with Crippen LogP contribution in [-0.4, -0.2) is 18.0 Å². The van der Waals surface area contributed by atoms with Crippen molar-refractivity contribution in [1.82, 2.24) is 0 Å². The van der Waals surface area contributed by atoms with Crippen molar-refractivity contribution in [2.24, 2.45) is 5.73 Å². The van der Waals surface area contributed by atoms with E-state index in [9.17, 15) is 4.79 Å². The molecule has 0 aromatic rings. The first-order chi connectivity index (χ1) is 4.69. The van der Waals surface area contributed by atoms with Crippen LogP contribution in [-0.2, 0) is 9.53 Å². The average Bonchev–Trinajstić information content (AvgIpc) is 2.36. The van der Waals surface area contributed by atoms with Crippen molar-refractivity contribution < 1.29 is 9.53 Å². The van der Waals surface area contributed by atoms with Gasteiger partial charge in [0.15, 0.2) is 4.87 Å². The van der Waals surface area contributed by atoms with Gasteiger partial charge in [-0.3, -0.25) is 0 Å². The summed E-state index contributed by atoms with van der Waals surface area (Å²) < 4.78 is 4.51. The number of hydrogen-bond acceptors (Lipinski definition) is 4. The maximum Gasteiger partial charge on any atom is 0.337 e. The van der Waals surface area contributed by atoms with E-state index in [1.807, 2.05) is 11.5 Å². The molecule has 1 atom stereocenters. The van der Waals surface area contributed by atoms with Crippen molar-refractivity contribution in [2.75, 3.05) is 7.11 Å². The number of thioether (sulfide) groups is 1. The van der Waals surface area contributed by atoms with E-state index in [0.29, 0.717) is 6.42 Å². The summed E-state index contributed by atoms with van der Waals surface area (Å²) in [5.41, 5.74) is 5.64. The molecule has 56 valence electrons. The van der Waals surface area contributed by atoms with Crippen molar-refractivity contribution in [3.63, 3.8) is 0 Å². The molecule has 1 rings (SSSR count). The Kier molecular flexibility index (Phi) is 2.01. The monoisotopic (exact) mass is 159 g/mol. The van der Waals surface area contributed by atoms with Gasteiger partial charge in [0.2, 0.25) is 0 Å². The summed E-state index contributed by atoms with van der Waals surface area (Å²) >= 11 is 1.30. The standard InChI is InChI=1S/C6H9NO2S/c1-9-5(8)6(7)3-2-4-10-6/h2,4H,3,7H2,1H3/t6-/m0/s1. The number of carbonyl (C=O) groups is 1. The molecule has 0 saturated carbocycles. The number of ether oxygens (including phenoxy) is 1. The van der Waals surface area contributed by atoms with Gasteiger partial charge in [-0.15, -0.1) is 11.8 Å². The summed E-state index contributed by atoms with van der Waals surface area (Å²) in [7, 11) is 1.34. The molecule has 0 saturated heterocycles. The Morgan fingerprint density at radius 3 is 3.00 bits per heavy atom. The van der Waals surface area contributed by atoms with Crippen LogP contribution in [0.15, 0.2) is 11.5 Å². The second kappa shape index (κ2) is 2.64. The van der Waals surface area contributed by atoms with Crippen molar-refractivity contribution >= 4 is 17.7 Å². The predicted molar refractivity (Wildman–Crippen MR) is 40.3 cm³/mol. The van der Waals surface area contributed by atoms with E-state index in [4.69, 9.17) is 5.73 Å². The Morgan fingerprint density at radius 1 is 1.90 bits per heavy atom. The predicted octanol–water partition coefficient (Wildman–Crippen LogP) is 0.465. The van der Waals surface area contributed by atoms with Crippen molar-refractivity contribution in [2.45, 2.75) is 11.3 Å². The molecular formula is C6H9NO2S. The summed E-state index contributed by atoms with van der Waals surface area (Å²) in [4.78, 5) is 10.1. The Hall–Kier alpha value is -0.480. The van der Waals surface area contributed by atoms with Crippen LogP contribution >= 0.6 is 11.8 Å². The minimum absolute atomic E-state index is 0.359. The molecular weight excluding hydrogens is 150 g/mol. The van der Waals surface area contributed by atoms with Crippen LogP contribution in [0, 0.1) is 0 Å². The first-order valence-electron chi connectivity index (χ1n) is 2.89. The van der Waals surface area contributed by atoms with Crippen LogP contribution in [0.25, 0.3) is 0 Å². The number of hydrogen-bond donors (Lipinski definition) is 1. The highest BCUT2D eigenvalue weighted by Crippen LogP contribution is 2.32. The van der Waals surface area contributed by atoms with Crippen LogP contribution in [0.2, 0.25) is 0 Å². The average molecular weight is 159 g/mol. The molecule has 0 spiro atoms. The van der Waals surface area contributed by atoms with Gasteiger partial charge >= 0.3 is 5.97 Å². The lowest BCUT2D eigenvalue weighted by molar-refractivity contribution is -0.143. The summed E-state index contributed by atoms with van der Waals surface area (Å²) in [5, 5.41) is 1.82. The maximum absolute atomic E-state index is 10.9. The highest BCUT2D eigenvalue weighted by atomic mass is 32.2. The molecule has 0 aromatic carbocycles. The van der Waals surface area contributed by atoms with Gasteiger partial charge in [0.05, 0.1) is 7.11 Å². The van der Waals surface area contributed by atoms with Gasteiger partial charge in [-0.05, 0) is 5.41 Å². The first kappa shape index (κ1) is 7.63. The molecule has 1 heterocycles. The highest BCUT2D eigenvalue weighted by Gasteiger charge is 2.36. The van der Waals surface area contributed by atoms with Crippen LogP contribution < -0.4 is 5.73 Å². The minimum atomic E-state index is -0.852. The number of carbonyl (C=O) groups excluding carboxylic acids is 1. The summed E-state index contributed by atoms with van der Waals surface area (Å²) in [5.74, 6) is -0.359. The van der Waals surface area contributed by atoms with Crippen LogP contribution in [0.1, 0.15) is 6.42 Å². The van der Waals surface area contributed by atoms with E-state index in [0.717, 1.165) is 0 Å². The fraction of sp³-hybridized carbons (Fsp3) is 0.500. The molecule has 1 aliphatic rings. The fourth-order valence-electron chi connectivity index (χ4n) is 0.745. The molecule has 0 fully saturated rings. The molecule has 2 N–H and O–H groups in total. The summed E-state index contributed by atoms with van der Waals surface area (Å²) in [6, 6.07) is 0. The maximum atomic E-state index is 10.9. The van der Waals surface area contributed by atoms with Gasteiger partial charge in [-0.25, -0.2) is 4.79 Å². The lowest BCUT2D eigenvalue weighted by Crippen LogP contribution is -2.43. The lowest BCUT2D eigenvalue weighted by atomic mass is 10.2. The quantitative estimate of drug-likeness (QED) is 0.565. The van der Waals surface area contributed by atoms with Gasteiger partial charge in [-0.2, -0.15) is 0 Å². The summed E-state index contributed by atoms with van der Waals surface area (Å²) in [6.45, 7) is 0. The Bertz CT molecular complexity index is 171. The van der Waals surface area contributed by atoms with Crippen molar-refractivity contribution in [1.29, 1.82) is 0 Å². The molecule has 0 unspecified atom stereocenters. The summed E-state index contributed by atoms with van der Waals surface area (Å²) in [6.07, 6.45) is 2.42. The fourth-order valence-corrected chi connectivity index (χ4v) is 1.55. The molecule has 0 amide bonds. The Labute approximate surface area is 63.6 Å². The van der Waals surface area contributed by atoms with E-state index >= 15 is 0 Å². The third kappa shape index (κ3) is 1.17. The number of rotatable bonds is 1. The highest BCUT2D eigenvalue weighted by molar-refractivity contribution is 8.04. The van der Waals surface area contributed by atoms with Gasteiger partial charge in [0, 0.05) is 6.42 Å². The van der Waals surface area contributed by atoms with E-state index in [2.05, 4.69) is 4.74 Å². The third-order valence-electron chi connectivity index (χ3n) is 1.33. The molecule has 0 aromatic heterocycles. The number of methoxy groups -OCH3 is 1. The zero-order valence-corrected chi connectivity index (χ0v) is 6.48.